The maximum absolute atomic E-state index is 12.3. The van der Waals surface area contributed by atoms with Gasteiger partial charge in [0.25, 0.3) is 0 Å². The number of aromatic nitrogens is 4. The lowest BCUT2D eigenvalue weighted by Gasteiger charge is -2.31. The van der Waals surface area contributed by atoms with E-state index in [1.807, 2.05) is 31.1 Å². The summed E-state index contributed by atoms with van der Waals surface area (Å²) in [4.78, 5) is 23.0. The van der Waals surface area contributed by atoms with Crippen LogP contribution in [0.5, 0.6) is 0 Å². The largest absolute Gasteiger partial charge is 0.341 e. The van der Waals surface area contributed by atoms with E-state index in [4.69, 9.17) is 0 Å². The average Bonchev–Trinajstić information content (AvgIpc) is 2.92. The van der Waals surface area contributed by atoms with E-state index in [1.54, 1.807) is 17.1 Å². The summed E-state index contributed by atoms with van der Waals surface area (Å²) in [5, 5.41) is 4.17. The van der Waals surface area contributed by atoms with Crippen molar-refractivity contribution >= 4 is 5.91 Å². The fourth-order valence-corrected chi connectivity index (χ4v) is 2.90. The Morgan fingerprint density at radius 1 is 1.23 bits per heavy atom. The zero-order chi connectivity index (χ0) is 15.5. The molecular weight excluding hydrogens is 278 g/mol. The number of aryl methyl sites for hydroxylation is 2. The lowest BCUT2D eigenvalue weighted by Crippen LogP contribution is -2.40. The molecule has 0 spiro atoms. The third-order valence-electron chi connectivity index (χ3n) is 4.10. The van der Waals surface area contributed by atoms with Crippen molar-refractivity contribution in [1.82, 2.24) is 24.6 Å². The van der Waals surface area contributed by atoms with Crippen molar-refractivity contribution in [2.75, 3.05) is 13.1 Å². The monoisotopic (exact) mass is 299 g/mol. The third kappa shape index (κ3) is 3.32. The number of hydrogen-bond acceptors (Lipinski definition) is 4. The summed E-state index contributed by atoms with van der Waals surface area (Å²) >= 11 is 0. The number of carbonyl (C=O) groups is 1. The van der Waals surface area contributed by atoms with E-state index in [0.29, 0.717) is 12.5 Å². The summed E-state index contributed by atoms with van der Waals surface area (Å²) in [6.07, 6.45) is 9.18. The summed E-state index contributed by atoms with van der Waals surface area (Å²) in [6.45, 7) is 5.81. The van der Waals surface area contributed by atoms with Crippen LogP contribution in [0.2, 0.25) is 0 Å². The second kappa shape index (κ2) is 6.25. The van der Waals surface area contributed by atoms with Gasteiger partial charge in [-0.2, -0.15) is 5.10 Å². The molecule has 116 valence electrons. The number of amides is 1. The summed E-state index contributed by atoms with van der Waals surface area (Å²) in [5.41, 5.74) is 3.07. The topological polar surface area (TPSA) is 63.9 Å². The highest BCUT2D eigenvalue weighted by molar-refractivity contribution is 5.76. The van der Waals surface area contributed by atoms with E-state index in [0.717, 1.165) is 42.9 Å². The van der Waals surface area contributed by atoms with Gasteiger partial charge in [-0.25, -0.2) is 0 Å². The van der Waals surface area contributed by atoms with Crippen LogP contribution in [0.4, 0.5) is 0 Å². The second-order valence-corrected chi connectivity index (χ2v) is 5.96. The summed E-state index contributed by atoms with van der Waals surface area (Å²) < 4.78 is 1.70. The smallest absolute Gasteiger partial charge is 0.244 e. The Kier molecular flexibility index (Phi) is 4.18. The minimum Gasteiger partial charge on any atom is -0.341 e. The van der Waals surface area contributed by atoms with Crippen molar-refractivity contribution < 1.29 is 4.79 Å². The molecule has 0 aliphatic carbocycles. The van der Waals surface area contributed by atoms with Crippen LogP contribution < -0.4 is 0 Å². The zero-order valence-electron chi connectivity index (χ0n) is 13.1. The van der Waals surface area contributed by atoms with Gasteiger partial charge in [0, 0.05) is 37.6 Å². The number of carbonyl (C=O) groups excluding carboxylic acids is 1. The van der Waals surface area contributed by atoms with Crippen LogP contribution in [-0.2, 0) is 11.3 Å². The molecule has 2 aromatic heterocycles. The standard InChI is InChI=1S/C16H21N5O/c1-12-7-18-21(10-12)11-16(22)20-5-3-14(4-6-20)15-9-17-8-13(2)19-15/h7-10,14H,3-6,11H2,1-2H3. The zero-order valence-corrected chi connectivity index (χ0v) is 13.1. The molecule has 0 N–H and O–H groups in total. The lowest BCUT2D eigenvalue weighted by atomic mass is 9.93. The minimum atomic E-state index is 0.136. The summed E-state index contributed by atoms with van der Waals surface area (Å²) in [6, 6.07) is 0. The van der Waals surface area contributed by atoms with Gasteiger partial charge in [0.1, 0.15) is 6.54 Å². The first-order chi connectivity index (χ1) is 10.6. The Bertz CT molecular complexity index is 658. The predicted octanol–water partition coefficient (Wildman–Crippen LogP) is 1.70. The molecule has 1 saturated heterocycles. The number of hydrogen-bond donors (Lipinski definition) is 0. The van der Waals surface area contributed by atoms with Gasteiger partial charge >= 0.3 is 0 Å². The molecule has 3 heterocycles. The van der Waals surface area contributed by atoms with Crippen molar-refractivity contribution in [3.05, 3.63) is 41.7 Å². The van der Waals surface area contributed by atoms with Gasteiger partial charge in [0.15, 0.2) is 0 Å². The van der Waals surface area contributed by atoms with Gasteiger partial charge in [0.05, 0.1) is 17.6 Å². The first-order valence-electron chi connectivity index (χ1n) is 7.67. The number of nitrogens with zero attached hydrogens (tertiary/aromatic N) is 5. The van der Waals surface area contributed by atoms with Crippen LogP contribution in [0.1, 0.15) is 35.7 Å². The maximum Gasteiger partial charge on any atom is 0.244 e. The molecule has 2 aromatic rings. The van der Waals surface area contributed by atoms with Gasteiger partial charge in [-0.05, 0) is 32.3 Å². The lowest BCUT2D eigenvalue weighted by molar-refractivity contribution is -0.133. The fraction of sp³-hybridized carbons (Fsp3) is 0.500. The van der Waals surface area contributed by atoms with Crippen molar-refractivity contribution in [3.63, 3.8) is 0 Å². The normalized spacial score (nSPS) is 16.0. The first kappa shape index (κ1) is 14.7. The Labute approximate surface area is 130 Å². The van der Waals surface area contributed by atoms with Gasteiger partial charge in [-0.15, -0.1) is 0 Å². The van der Waals surface area contributed by atoms with E-state index < -0.39 is 0 Å². The van der Waals surface area contributed by atoms with Crippen LogP contribution in [0, 0.1) is 13.8 Å². The van der Waals surface area contributed by atoms with Crippen LogP contribution in [-0.4, -0.2) is 43.6 Å². The maximum atomic E-state index is 12.3. The van der Waals surface area contributed by atoms with Gasteiger partial charge < -0.3 is 4.90 Å². The van der Waals surface area contributed by atoms with E-state index in [9.17, 15) is 4.79 Å². The molecule has 0 unspecified atom stereocenters. The van der Waals surface area contributed by atoms with Crippen LogP contribution in [0.3, 0.4) is 0 Å². The molecule has 1 amide bonds. The van der Waals surface area contributed by atoms with Crippen LogP contribution in [0.25, 0.3) is 0 Å². The van der Waals surface area contributed by atoms with Crippen molar-refractivity contribution in [1.29, 1.82) is 0 Å². The average molecular weight is 299 g/mol. The molecule has 0 aromatic carbocycles. The Morgan fingerprint density at radius 3 is 2.64 bits per heavy atom. The Balaban J connectivity index is 1.56. The fourth-order valence-electron chi connectivity index (χ4n) is 2.90. The molecular formula is C16H21N5O. The molecule has 22 heavy (non-hydrogen) atoms. The van der Waals surface area contributed by atoms with Crippen molar-refractivity contribution in [2.45, 2.75) is 39.2 Å². The predicted molar refractivity (Wildman–Crippen MR) is 82.3 cm³/mol. The molecule has 1 aliphatic heterocycles. The molecule has 1 aliphatic rings. The molecule has 0 radical (unpaired) electrons. The van der Waals surface area contributed by atoms with E-state index >= 15 is 0 Å². The van der Waals surface area contributed by atoms with Gasteiger partial charge in [-0.3, -0.25) is 19.4 Å². The highest BCUT2D eigenvalue weighted by Gasteiger charge is 2.25. The SMILES string of the molecule is Cc1cnn(CC(=O)N2CCC(c3cncc(C)n3)CC2)c1. The van der Waals surface area contributed by atoms with Crippen molar-refractivity contribution in [2.24, 2.45) is 0 Å². The van der Waals surface area contributed by atoms with Gasteiger partial charge in [0.2, 0.25) is 5.91 Å². The van der Waals surface area contributed by atoms with E-state index in [2.05, 4.69) is 15.1 Å². The molecule has 0 atom stereocenters. The highest BCUT2D eigenvalue weighted by Crippen LogP contribution is 2.26. The van der Waals surface area contributed by atoms with Crippen LogP contribution >= 0.6 is 0 Å². The number of piperidine rings is 1. The molecule has 0 saturated carbocycles. The first-order valence-corrected chi connectivity index (χ1v) is 7.67. The van der Waals surface area contributed by atoms with E-state index in [-0.39, 0.29) is 5.91 Å². The molecule has 6 heteroatoms. The molecule has 0 bridgehead atoms. The van der Waals surface area contributed by atoms with Crippen molar-refractivity contribution in [3.8, 4) is 0 Å². The quantitative estimate of drug-likeness (QED) is 0.865. The number of rotatable bonds is 3. The molecule has 1 fully saturated rings. The van der Waals surface area contributed by atoms with Crippen LogP contribution in [0.15, 0.2) is 24.8 Å². The van der Waals surface area contributed by atoms with Gasteiger partial charge in [-0.1, -0.05) is 0 Å². The molecule has 6 nitrogen and oxygen atoms in total. The Morgan fingerprint density at radius 2 is 2.00 bits per heavy atom. The highest BCUT2D eigenvalue weighted by atomic mass is 16.2. The number of likely N-dealkylation sites (tertiary alicyclic amines) is 1. The molecule has 3 rings (SSSR count). The second-order valence-electron chi connectivity index (χ2n) is 5.96. The Hall–Kier alpha value is -2.24. The van der Waals surface area contributed by atoms with E-state index in [1.165, 1.54) is 0 Å². The minimum absolute atomic E-state index is 0.136. The third-order valence-corrected chi connectivity index (χ3v) is 4.10. The summed E-state index contributed by atoms with van der Waals surface area (Å²) in [5.74, 6) is 0.542. The summed E-state index contributed by atoms with van der Waals surface area (Å²) in [7, 11) is 0.